The van der Waals surface area contributed by atoms with Gasteiger partial charge < -0.3 is 15.8 Å². The molecule has 21 heavy (non-hydrogen) atoms. The van der Waals surface area contributed by atoms with Crippen molar-refractivity contribution in [2.75, 3.05) is 11.1 Å². The van der Waals surface area contributed by atoms with Gasteiger partial charge in [-0.2, -0.15) is 0 Å². The molecule has 0 saturated carbocycles. The first-order chi connectivity index (χ1) is 9.97. The van der Waals surface area contributed by atoms with Crippen LogP contribution in [0.4, 0.5) is 11.4 Å². The Morgan fingerprint density at radius 1 is 1.29 bits per heavy atom. The van der Waals surface area contributed by atoms with Crippen molar-refractivity contribution in [2.45, 2.75) is 20.0 Å². The predicted octanol–water partition coefficient (Wildman–Crippen LogP) is 3.75. The van der Waals surface area contributed by atoms with E-state index in [1.165, 1.54) is 0 Å². The minimum atomic E-state index is -0.621. The Labute approximate surface area is 132 Å². The van der Waals surface area contributed by atoms with Crippen LogP contribution >= 0.6 is 15.9 Å². The Morgan fingerprint density at radius 3 is 2.71 bits per heavy atom. The quantitative estimate of drug-likeness (QED) is 0.827. The fourth-order valence-corrected chi connectivity index (χ4v) is 2.17. The molecule has 0 heterocycles. The summed E-state index contributed by atoms with van der Waals surface area (Å²) in [5.74, 6) is 0.406. The van der Waals surface area contributed by atoms with E-state index in [0.717, 1.165) is 10.0 Å². The van der Waals surface area contributed by atoms with Gasteiger partial charge in [-0.25, -0.2) is 0 Å². The van der Waals surface area contributed by atoms with Crippen molar-refractivity contribution in [1.82, 2.24) is 0 Å². The van der Waals surface area contributed by atoms with Gasteiger partial charge in [-0.1, -0.05) is 18.2 Å². The Bertz CT molecular complexity index is 658. The Kier molecular flexibility index (Phi) is 4.85. The maximum absolute atomic E-state index is 12.2. The number of carbonyl (C=O) groups excluding carboxylic acids is 1. The van der Waals surface area contributed by atoms with Crippen LogP contribution in [0.3, 0.4) is 0 Å². The molecule has 110 valence electrons. The van der Waals surface area contributed by atoms with Gasteiger partial charge in [-0.05, 0) is 59.6 Å². The molecule has 0 radical (unpaired) electrons. The number of benzene rings is 2. The minimum Gasteiger partial charge on any atom is -0.480 e. The normalized spacial score (nSPS) is 11.8. The van der Waals surface area contributed by atoms with E-state index in [0.29, 0.717) is 17.1 Å². The van der Waals surface area contributed by atoms with Crippen LogP contribution in [0.5, 0.6) is 5.75 Å². The van der Waals surface area contributed by atoms with Gasteiger partial charge in [0, 0.05) is 11.4 Å². The lowest BCUT2D eigenvalue weighted by Gasteiger charge is -2.16. The van der Waals surface area contributed by atoms with Gasteiger partial charge in [-0.15, -0.1) is 0 Å². The number of ether oxygens (including phenoxy) is 1. The van der Waals surface area contributed by atoms with Gasteiger partial charge in [0.2, 0.25) is 0 Å². The second kappa shape index (κ2) is 6.63. The smallest absolute Gasteiger partial charge is 0.265 e. The standard InChI is InChI=1S/C16H17BrN2O2/c1-10-7-8-12(18)9-14(10)19-16(20)11(2)21-15-6-4-3-5-13(15)17/h3-9,11H,18H2,1-2H3,(H,19,20). The van der Waals surface area contributed by atoms with Crippen LogP contribution < -0.4 is 15.8 Å². The molecule has 1 amide bonds. The number of nitrogen functional groups attached to an aromatic ring is 1. The van der Waals surface area contributed by atoms with Crippen LogP contribution in [-0.4, -0.2) is 12.0 Å². The van der Waals surface area contributed by atoms with E-state index in [9.17, 15) is 4.79 Å². The molecule has 2 aromatic rings. The van der Waals surface area contributed by atoms with Crippen molar-refractivity contribution in [3.63, 3.8) is 0 Å². The number of carbonyl (C=O) groups is 1. The molecule has 4 nitrogen and oxygen atoms in total. The fourth-order valence-electron chi connectivity index (χ4n) is 1.79. The lowest BCUT2D eigenvalue weighted by Crippen LogP contribution is -2.30. The summed E-state index contributed by atoms with van der Waals surface area (Å²) in [6.07, 6.45) is -0.621. The number of para-hydroxylation sites is 1. The van der Waals surface area contributed by atoms with E-state index in [1.807, 2.05) is 31.2 Å². The summed E-state index contributed by atoms with van der Waals surface area (Å²) in [6.45, 7) is 3.62. The third-order valence-electron chi connectivity index (χ3n) is 3.03. The topological polar surface area (TPSA) is 64.3 Å². The van der Waals surface area contributed by atoms with Gasteiger partial charge in [-0.3, -0.25) is 4.79 Å². The molecule has 1 unspecified atom stereocenters. The average molecular weight is 349 g/mol. The first-order valence-electron chi connectivity index (χ1n) is 6.55. The number of anilines is 2. The third kappa shape index (κ3) is 3.98. The van der Waals surface area contributed by atoms with Crippen LogP contribution in [0.15, 0.2) is 46.9 Å². The summed E-state index contributed by atoms with van der Waals surface area (Å²) in [6, 6.07) is 12.8. The summed E-state index contributed by atoms with van der Waals surface area (Å²) in [5.41, 5.74) is 7.99. The molecule has 2 aromatic carbocycles. The molecule has 3 N–H and O–H groups in total. The lowest BCUT2D eigenvalue weighted by atomic mass is 10.1. The van der Waals surface area contributed by atoms with Gasteiger partial charge in [0.15, 0.2) is 6.10 Å². The molecule has 0 spiro atoms. The molecule has 5 heteroatoms. The summed E-state index contributed by atoms with van der Waals surface area (Å²) < 4.78 is 6.47. The second-order valence-electron chi connectivity index (χ2n) is 4.75. The van der Waals surface area contributed by atoms with Gasteiger partial charge in [0.05, 0.1) is 4.47 Å². The molecule has 0 aromatic heterocycles. The highest BCUT2D eigenvalue weighted by Crippen LogP contribution is 2.25. The second-order valence-corrected chi connectivity index (χ2v) is 5.61. The van der Waals surface area contributed by atoms with E-state index in [2.05, 4.69) is 21.2 Å². The first kappa shape index (κ1) is 15.4. The number of nitrogens with two attached hydrogens (primary N) is 1. The van der Waals surface area contributed by atoms with E-state index in [4.69, 9.17) is 10.5 Å². The third-order valence-corrected chi connectivity index (χ3v) is 3.68. The van der Waals surface area contributed by atoms with Crippen LogP contribution in [0.1, 0.15) is 12.5 Å². The zero-order chi connectivity index (χ0) is 15.4. The van der Waals surface area contributed by atoms with Crippen molar-refractivity contribution in [2.24, 2.45) is 0 Å². The van der Waals surface area contributed by atoms with Crippen LogP contribution in [0, 0.1) is 6.92 Å². The van der Waals surface area contributed by atoms with E-state index >= 15 is 0 Å². The monoisotopic (exact) mass is 348 g/mol. The number of amides is 1. The van der Waals surface area contributed by atoms with Crippen molar-refractivity contribution in [1.29, 1.82) is 0 Å². The largest absolute Gasteiger partial charge is 0.480 e. The molecule has 0 fully saturated rings. The summed E-state index contributed by atoms with van der Waals surface area (Å²) in [7, 11) is 0. The van der Waals surface area contributed by atoms with Crippen molar-refractivity contribution in [3.8, 4) is 5.75 Å². The molecule has 1 atom stereocenters. The number of aryl methyl sites for hydroxylation is 1. The van der Waals surface area contributed by atoms with Gasteiger partial charge in [0.25, 0.3) is 5.91 Å². The van der Waals surface area contributed by atoms with E-state index in [-0.39, 0.29) is 5.91 Å². The summed E-state index contributed by atoms with van der Waals surface area (Å²) in [5, 5.41) is 2.83. The molecule has 0 aliphatic carbocycles. The number of hydrogen-bond donors (Lipinski definition) is 2. The zero-order valence-electron chi connectivity index (χ0n) is 11.9. The molecule has 0 saturated heterocycles. The highest BCUT2D eigenvalue weighted by atomic mass is 79.9. The molecule has 0 bridgehead atoms. The Hall–Kier alpha value is -2.01. The highest BCUT2D eigenvalue weighted by molar-refractivity contribution is 9.10. The van der Waals surface area contributed by atoms with Gasteiger partial charge in [0.1, 0.15) is 5.75 Å². The Morgan fingerprint density at radius 2 is 2.00 bits per heavy atom. The highest BCUT2D eigenvalue weighted by Gasteiger charge is 2.16. The fraction of sp³-hybridized carbons (Fsp3) is 0.188. The maximum atomic E-state index is 12.2. The summed E-state index contributed by atoms with van der Waals surface area (Å²) in [4.78, 5) is 12.2. The number of nitrogens with one attached hydrogen (secondary N) is 1. The molecule has 0 aliphatic rings. The Balaban J connectivity index is 2.06. The maximum Gasteiger partial charge on any atom is 0.265 e. The van der Waals surface area contributed by atoms with Crippen LogP contribution in [-0.2, 0) is 4.79 Å². The number of hydrogen-bond acceptors (Lipinski definition) is 3. The van der Waals surface area contributed by atoms with Crippen molar-refractivity contribution >= 4 is 33.2 Å². The first-order valence-corrected chi connectivity index (χ1v) is 7.35. The zero-order valence-corrected chi connectivity index (χ0v) is 13.5. The number of rotatable bonds is 4. The predicted molar refractivity (Wildman–Crippen MR) is 88.5 cm³/mol. The van der Waals surface area contributed by atoms with Crippen LogP contribution in [0.25, 0.3) is 0 Å². The van der Waals surface area contributed by atoms with Crippen molar-refractivity contribution in [3.05, 3.63) is 52.5 Å². The molecule has 2 rings (SSSR count). The SMILES string of the molecule is Cc1ccc(N)cc1NC(=O)C(C)Oc1ccccc1Br. The van der Waals surface area contributed by atoms with E-state index in [1.54, 1.807) is 25.1 Å². The van der Waals surface area contributed by atoms with Gasteiger partial charge >= 0.3 is 0 Å². The molecular formula is C16H17BrN2O2. The average Bonchev–Trinajstić information content (AvgIpc) is 2.45. The molecule has 0 aliphatic heterocycles. The summed E-state index contributed by atoms with van der Waals surface area (Å²) >= 11 is 3.39. The van der Waals surface area contributed by atoms with Crippen molar-refractivity contribution < 1.29 is 9.53 Å². The number of halogens is 1. The van der Waals surface area contributed by atoms with Crippen LogP contribution in [0.2, 0.25) is 0 Å². The molecular weight excluding hydrogens is 332 g/mol. The minimum absolute atomic E-state index is 0.223. The lowest BCUT2D eigenvalue weighted by molar-refractivity contribution is -0.122. The van der Waals surface area contributed by atoms with E-state index < -0.39 is 6.10 Å².